The molecule has 0 unspecified atom stereocenters. The minimum atomic E-state index is -1.14. The van der Waals surface area contributed by atoms with Crippen LogP contribution in [0.5, 0.6) is 0 Å². The zero-order valence-electron chi connectivity index (χ0n) is 25.8. The number of nitrogens with one attached hydrogen (secondary N) is 1. The van der Waals surface area contributed by atoms with Gasteiger partial charge >= 0.3 is 29.2 Å². The van der Waals surface area contributed by atoms with Gasteiger partial charge in [0, 0.05) is 17.6 Å². The molecule has 14 heteroatoms. The van der Waals surface area contributed by atoms with E-state index in [-0.39, 0.29) is 57.4 Å². The average molecular weight is 684 g/mol. The van der Waals surface area contributed by atoms with Gasteiger partial charge in [-0.3, -0.25) is 29.6 Å². The Balaban J connectivity index is 0.00000433. The first-order valence-electron chi connectivity index (χ1n) is 15.6. The summed E-state index contributed by atoms with van der Waals surface area (Å²) in [5.74, 6) is -2.50. The van der Waals surface area contributed by atoms with Gasteiger partial charge in [0.05, 0.1) is 23.9 Å². The van der Waals surface area contributed by atoms with E-state index in [4.69, 9.17) is 0 Å². The normalized spacial score (nSPS) is 20.9. The molecule has 2 aliphatic carbocycles. The van der Waals surface area contributed by atoms with Gasteiger partial charge in [0.2, 0.25) is 0 Å². The number of amides is 6. The summed E-state index contributed by atoms with van der Waals surface area (Å²) in [6, 6.07) is 10.9. The smallest absolute Gasteiger partial charge is 0.664 e. The van der Waals surface area contributed by atoms with Crippen molar-refractivity contribution in [3.63, 3.8) is 0 Å². The molecular weight excluding hydrogens is 649 g/mol. The fraction of sp³-hybridized carbons (Fsp3) is 0.394. The molecule has 1 saturated heterocycles. The van der Waals surface area contributed by atoms with Crippen molar-refractivity contribution < 1.29 is 55.9 Å². The van der Waals surface area contributed by atoms with Gasteiger partial charge < -0.3 is 14.9 Å². The van der Waals surface area contributed by atoms with Gasteiger partial charge in [0.25, 0.3) is 17.7 Å². The summed E-state index contributed by atoms with van der Waals surface area (Å²) in [6.07, 6.45) is 7.84. The maximum Gasteiger partial charge on any atom is 2.00 e. The standard InChI is InChI=1S/C33H35N5O8.Mn/c1-45-33(43)38-29(39)24-18-17-23(20-11-5-2-6-12-20)27(26(24)30(38)40)34-35-28-25(19-46-44)36(21-13-7-3-8-14-21)32(42)37(31(28)41)22-15-9-4-10-16-22;/h2,5-6,11-12,17-19,21-22,34,44H,3-4,7-10,13-16H2,1H3;/q;+2/p-1. The van der Waals surface area contributed by atoms with Crippen LogP contribution in [0.1, 0.15) is 84.9 Å². The Morgan fingerprint density at radius 3 is 2.02 bits per heavy atom. The van der Waals surface area contributed by atoms with Crippen molar-refractivity contribution in [3.05, 3.63) is 65.6 Å². The zero-order valence-corrected chi connectivity index (χ0v) is 27.0. The number of methoxy groups -OCH3 is 1. The number of ether oxygens (including phenoxy) is 1. The van der Waals surface area contributed by atoms with Crippen LogP contribution >= 0.6 is 0 Å². The van der Waals surface area contributed by atoms with Crippen LogP contribution in [0.15, 0.2) is 59.5 Å². The number of nitrogens with zero attached hydrogens (tertiary/aromatic N) is 4. The molecule has 2 heterocycles. The monoisotopic (exact) mass is 683 g/mol. The Morgan fingerprint density at radius 2 is 1.43 bits per heavy atom. The molecule has 2 saturated carbocycles. The first kappa shape index (κ1) is 33.8. The molecular formula is C33H34MnN5O8+. The van der Waals surface area contributed by atoms with Crippen LogP contribution in [0.3, 0.4) is 0 Å². The molecule has 2 aliphatic heterocycles. The molecule has 6 amide bonds. The van der Waals surface area contributed by atoms with Crippen LogP contribution < -0.4 is 10.7 Å². The van der Waals surface area contributed by atoms with Gasteiger partial charge in [-0.1, -0.05) is 74.9 Å². The van der Waals surface area contributed by atoms with Crippen molar-refractivity contribution in [2.24, 2.45) is 5.10 Å². The third-order valence-corrected chi connectivity index (χ3v) is 9.15. The van der Waals surface area contributed by atoms with Gasteiger partial charge in [-0.15, -0.1) is 0 Å². The first-order valence-corrected chi connectivity index (χ1v) is 15.6. The van der Waals surface area contributed by atoms with E-state index in [0.29, 0.717) is 41.7 Å². The molecule has 2 aromatic rings. The number of carbonyl (C=O) groups excluding carboxylic acids is 5. The zero-order chi connectivity index (χ0) is 32.4. The quantitative estimate of drug-likeness (QED) is 0.152. The van der Waals surface area contributed by atoms with Crippen molar-refractivity contribution in [1.29, 1.82) is 0 Å². The van der Waals surface area contributed by atoms with Crippen LogP contribution in [0.4, 0.5) is 15.3 Å². The van der Waals surface area contributed by atoms with E-state index >= 15 is 0 Å². The molecule has 0 bridgehead atoms. The number of hydrogen-bond acceptors (Lipinski definition) is 10. The summed E-state index contributed by atoms with van der Waals surface area (Å²) >= 11 is 0. The predicted octanol–water partition coefficient (Wildman–Crippen LogP) is 4.54. The van der Waals surface area contributed by atoms with Gasteiger partial charge in [0.15, 0.2) is 5.71 Å². The Labute approximate surface area is 281 Å². The van der Waals surface area contributed by atoms with Gasteiger partial charge in [-0.05, 0) is 37.3 Å². The SMILES string of the molecule is COC(=O)N1C(=O)c2ccc(-c3ccccc3)c(NN=C3C(=O)N(C4CCCCC4)C(=O)N(C4CCCCC4)C3=CO[O-])c2C1=O.[Mn+2]. The van der Waals surface area contributed by atoms with Gasteiger partial charge in [-0.25, -0.2) is 9.59 Å². The predicted molar refractivity (Wildman–Crippen MR) is 163 cm³/mol. The van der Waals surface area contributed by atoms with Crippen LogP contribution in [-0.2, 0) is 31.5 Å². The third kappa shape index (κ3) is 6.16. The molecule has 245 valence electrons. The number of benzene rings is 2. The number of rotatable bonds is 6. The Hall–Kier alpha value is -4.52. The minimum absolute atomic E-state index is 0. The number of fused-ring (bicyclic) bond motifs is 1. The molecule has 13 nitrogen and oxygen atoms in total. The Morgan fingerprint density at radius 1 is 0.830 bits per heavy atom. The summed E-state index contributed by atoms with van der Waals surface area (Å²) in [7, 11) is 1.06. The van der Waals surface area contributed by atoms with Gasteiger partial charge in [0.1, 0.15) is 12.0 Å². The largest absolute Gasteiger partial charge is 2.00 e. The topological polar surface area (TPSA) is 161 Å². The van der Waals surface area contributed by atoms with E-state index in [2.05, 4.69) is 20.2 Å². The number of imide groups is 4. The number of hydrazone groups is 1. The van der Waals surface area contributed by atoms with Crippen molar-refractivity contribution in [2.75, 3.05) is 12.5 Å². The second kappa shape index (κ2) is 14.5. The van der Waals surface area contributed by atoms with E-state index in [9.17, 15) is 29.2 Å². The molecule has 0 atom stereocenters. The molecule has 1 radical (unpaired) electrons. The Kier molecular flexibility index (Phi) is 10.4. The summed E-state index contributed by atoms with van der Waals surface area (Å²) in [6.45, 7) is 0. The van der Waals surface area contributed by atoms with E-state index in [1.54, 1.807) is 30.3 Å². The molecule has 3 fully saturated rings. The second-order valence-electron chi connectivity index (χ2n) is 11.8. The third-order valence-electron chi connectivity index (χ3n) is 9.15. The van der Waals surface area contributed by atoms with E-state index < -0.39 is 29.8 Å². The van der Waals surface area contributed by atoms with Crippen LogP contribution in [0, 0.1) is 0 Å². The summed E-state index contributed by atoms with van der Waals surface area (Å²) in [5, 5.41) is 16.1. The van der Waals surface area contributed by atoms with Crippen molar-refractivity contribution in [1.82, 2.24) is 14.7 Å². The van der Waals surface area contributed by atoms with Crippen LogP contribution in [0.2, 0.25) is 0 Å². The molecule has 6 rings (SSSR count). The van der Waals surface area contributed by atoms with Crippen molar-refractivity contribution in [3.8, 4) is 11.1 Å². The van der Waals surface area contributed by atoms with E-state index in [0.717, 1.165) is 51.9 Å². The van der Waals surface area contributed by atoms with E-state index in [1.807, 2.05) is 6.07 Å². The summed E-state index contributed by atoms with van der Waals surface area (Å²) < 4.78 is 4.68. The first-order chi connectivity index (χ1) is 22.4. The second-order valence-corrected chi connectivity index (χ2v) is 11.8. The molecule has 0 spiro atoms. The van der Waals surface area contributed by atoms with Crippen molar-refractivity contribution >= 4 is 41.2 Å². The van der Waals surface area contributed by atoms with Crippen molar-refractivity contribution in [2.45, 2.75) is 76.3 Å². The summed E-state index contributed by atoms with van der Waals surface area (Å²) in [5.41, 5.74) is 3.48. The number of carbonyl (C=O) groups is 5. The fourth-order valence-electron chi connectivity index (χ4n) is 6.93. The minimum Gasteiger partial charge on any atom is -0.664 e. The molecule has 4 aliphatic rings. The number of hydrogen-bond donors (Lipinski definition) is 1. The molecule has 2 aromatic carbocycles. The maximum atomic E-state index is 14.2. The number of anilines is 1. The average Bonchev–Trinajstić information content (AvgIpc) is 3.34. The molecule has 47 heavy (non-hydrogen) atoms. The Bertz CT molecular complexity index is 1630. The maximum absolute atomic E-state index is 14.2. The van der Waals surface area contributed by atoms with Crippen LogP contribution in [0.25, 0.3) is 11.1 Å². The molecule has 0 aromatic heterocycles. The van der Waals surface area contributed by atoms with Gasteiger partial charge in [-0.2, -0.15) is 10.0 Å². The van der Waals surface area contributed by atoms with E-state index in [1.165, 1.54) is 15.9 Å². The van der Waals surface area contributed by atoms with Crippen LogP contribution in [-0.4, -0.2) is 69.5 Å². The summed E-state index contributed by atoms with van der Waals surface area (Å²) in [4.78, 5) is 74.6. The molecule has 1 N–H and O–H groups in total. The number of urea groups is 1. The fourth-order valence-corrected chi connectivity index (χ4v) is 6.93.